The van der Waals surface area contributed by atoms with Crippen LogP contribution in [-0.2, 0) is 0 Å². The number of nitrogens with one attached hydrogen (secondary N) is 1. The summed E-state index contributed by atoms with van der Waals surface area (Å²) in [6, 6.07) is 15.5. The Labute approximate surface area is 165 Å². The van der Waals surface area contributed by atoms with Crippen molar-refractivity contribution in [1.82, 2.24) is 14.8 Å². The highest BCUT2D eigenvalue weighted by Crippen LogP contribution is 2.30. The molecule has 1 aliphatic heterocycles. The molecule has 4 rings (SSSR count). The van der Waals surface area contributed by atoms with Gasteiger partial charge in [-0.3, -0.25) is 9.69 Å². The van der Waals surface area contributed by atoms with Gasteiger partial charge in [0.25, 0.3) is 0 Å². The van der Waals surface area contributed by atoms with Crippen LogP contribution in [0.5, 0.6) is 0 Å². The molecule has 0 spiro atoms. The zero-order valence-electron chi connectivity index (χ0n) is 16.4. The molecule has 1 aromatic heterocycles. The van der Waals surface area contributed by atoms with E-state index in [9.17, 15) is 9.90 Å². The van der Waals surface area contributed by atoms with Gasteiger partial charge in [-0.15, -0.1) is 0 Å². The van der Waals surface area contributed by atoms with Crippen LogP contribution >= 0.6 is 0 Å². The molecule has 3 aromatic rings. The van der Waals surface area contributed by atoms with E-state index in [0.717, 1.165) is 42.6 Å². The molecule has 0 aliphatic carbocycles. The first-order valence-corrected chi connectivity index (χ1v) is 9.82. The number of hydrogen-bond donors (Lipinski definition) is 2. The molecule has 0 amide bonds. The molecule has 146 valence electrons. The number of aryl methyl sites for hydroxylation is 1. The van der Waals surface area contributed by atoms with Gasteiger partial charge >= 0.3 is 0 Å². The first-order chi connectivity index (χ1) is 13.5. The van der Waals surface area contributed by atoms with E-state index in [2.05, 4.69) is 21.8 Å². The van der Waals surface area contributed by atoms with Crippen molar-refractivity contribution in [3.63, 3.8) is 0 Å². The van der Waals surface area contributed by atoms with Crippen molar-refractivity contribution in [3.8, 4) is 0 Å². The van der Waals surface area contributed by atoms with Crippen molar-refractivity contribution < 1.29 is 9.90 Å². The van der Waals surface area contributed by atoms with E-state index in [1.807, 2.05) is 55.5 Å². The summed E-state index contributed by atoms with van der Waals surface area (Å²) in [6.07, 6.45) is 0.595. The highest BCUT2D eigenvalue weighted by molar-refractivity contribution is 6.10. The molecule has 1 aliphatic rings. The zero-order chi connectivity index (χ0) is 19.7. The summed E-state index contributed by atoms with van der Waals surface area (Å²) in [5.74, 6) is -0.234. The van der Waals surface area contributed by atoms with Crippen molar-refractivity contribution in [2.45, 2.75) is 19.1 Å². The number of hydrogen-bond acceptors (Lipinski definition) is 4. The summed E-state index contributed by atoms with van der Waals surface area (Å²) in [6.45, 7) is 5.55. The smallest absolute Gasteiger partial charge is 0.195 e. The topological polar surface area (TPSA) is 59.6 Å². The van der Waals surface area contributed by atoms with Crippen LogP contribution in [-0.4, -0.2) is 65.0 Å². The van der Waals surface area contributed by atoms with Crippen LogP contribution in [0.3, 0.4) is 0 Å². The fourth-order valence-electron chi connectivity index (χ4n) is 4.03. The van der Waals surface area contributed by atoms with Gasteiger partial charge in [-0.25, -0.2) is 0 Å². The molecule has 2 atom stereocenters. The number of benzene rings is 2. The zero-order valence-corrected chi connectivity index (χ0v) is 16.4. The minimum Gasteiger partial charge on any atom is -0.383 e. The number of aromatic nitrogens is 1. The van der Waals surface area contributed by atoms with E-state index < -0.39 is 6.10 Å². The van der Waals surface area contributed by atoms with Crippen molar-refractivity contribution in [3.05, 3.63) is 71.4 Å². The first-order valence-electron chi connectivity index (χ1n) is 9.82. The molecular formula is C23H27N3O2. The van der Waals surface area contributed by atoms with Gasteiger partial charge in [0.05, 0.1) is 6.04 Å². The monoisotopic (exact) mass is 377 g/mol. The maximum atomic E-state index is 13.3. The number of fused-ring (bicyclic) bond motifs is 1. The van der Waals surface area contributed by atoms with Gasteiger partial charge in [-0.05, 0) is 25.6 Å². The highest BCUT2D eigenvalue weighted by atomic mass is 16.3. The molecule has 2 heterocycles. The van der Waals surface area contributed by atoms with Gasteiger partial charge in [0.2, 0.25) is 0 Å². The Balaban J connectivity index is 1.68. The molecule has 2 N–H and O–H groups in total. The van der Waals surface area contributed by atoms with Crippen molar-refractivity contribution in [1.29, 1.82) is 0 Å². The van der Waals surface area contributed by atoms with Crippen LogP contribution in [0.25, 0.3) is 10.9 Å². The number of ketones is 1. The van der Waals surface area contributed by atoms with Crippen molar-refractivity contribution >= 4 is 16.7 Å². The number of aromatic amines is 1. The Morgan fingerprint density at radius 1 is 1.04 bits per heavy atom. The third-order valence-electron chi connectivity index (χ3n) is 5.77. The van der Waals surface area contributed by atoms with Crippen LogP contribution in [0.2, 0.25) is 0 Å². The third-order valence-corrected chi connectivity index (χ3v) is 5.77. The number of Topliss-reactive ketones (excluding diaryl/α,β-unsaturated/α-hetero) is 1. The Morgan fingerprint density at radius 2 is 1.71 bits per heavy atom. The van der Waals surface area contributed by atoms with E-state index in [4.69, 9.17) is 0 Å². The fraction of sp³-hybridized carbons (Fsp3) is 0.348. The molecule has 5 heteroatoms. The van der Waals surface area contributed by atoms with Crippen LogP contribution in [0.15, 0.2) is 54.7 Å². The average Bonchev–Trinajstić information content (AvgIpc) is 3.14. The normalized spacial score (nSPS) is 18.2. The largest absolute Gasteiger partial charge is 0.383 e. The van der Waals surface area contributed by atoms with Crippen LogP contribution < -0.4 is 0 Å². The van der Waals surface area contributed by atoms with E-state index in [1.165, 1.54) is 5.56 Å². The summed E-state index contributed by atoms with van der Waals surface area (Å²) < 4.78 is 0. The molecule has 5 nitrogen and oxygen atoms in total. The lowest BCUT2D eigenvalue weighted by molar-refractivity contribution is 0.0227. The Morgan fingerprint density at radius 3 is 2.43 bits per heavy atom. The minimum absolute atomic E-state index is 0.234. The van der Waals surface area contributed by atoms with Gasteiger partial charge < -0.3 is 15.0 Å². The second kappa shape index (κ2) is 7.87. The lowest BCUT2D eigenvalue weighted by Crippen LogP contribution is -2.50. The van der Waals surface area contributed by atoms with Crippen LogP contribution in [0.1, 0.15) is 27.5 Å². The van der Waals surface area contributed by atoms with E-state index in [1.54, 1.807) is 6.20 Å². The first kappa shape index (κ1) is 18.9. The van der Waals surface area contributed by atoms with E-state index >= 15 is 0 Å². The Kier molecular flexibility index (Phi) is 5.31. The van der Waals surface area contributed by atoms with Gasteiger partial charge in [-0.1, -0.05) is 48.0 Å². The molecule has 28 heavy (non-hydrogen) atoms. The third kappa shape index (κ3) is 3.61. The lowest BCUT2D eigenvalue weighted by Gasteiger charge is -2.39. The number of rotatable bonds is 5. The lowest BCUT2D eigenvalue weighted by atomic mass is 9.92. The summed E-state index contributed by atoms with van der Waals surface area (Å²) in [5.41, 5.74) is 3.60. The molecule has 2 aromatic carbocycles. The minimum atomic E-state index is -1.12. The van der Waals surface area contributed by atoms with E-state index in [-0.39, 0.29) is 11.8 Å². The van der Waals surface area contributed by atoms with Gasteiger partial charge in [0.15, 0.2) is 5.78 Å². The number of likely N-dealkylation sites (N-methyl/N-ethyl adjacent to an activating group) is 1. The number of H-pyrrole nitrogens is 1. The molecule has 0 radical (unpaired) electrons. The predicted molar refractivity (Wildman–Crippen MR) is 112 cm³/mol. The predicted octanol–water partition coefficient (Wildman–Crippen LogP) is 3.01. The quantitative estimate of drug-likeness (QED) is 0.671. The van der Waals surface area contributed by atoms with Crippen molar-refractivity contribution in [2.24, 2.45) is 0 Å². The SMILES string of the molecule is Cc1ccc(C(C(O)C(=O)c2c[nH]c3ccccc23)N2CCN(C)CC2)cc1. The standard InChI is InChI=1S/C23H27N3O2/c1-16-7-9-17(10-8-16)21(26-13-11-25(2)12-14-26)23(28)22(27)19-15-24-20-6-4-3-5-18(19)20/h3-10,15,21,23-24,28H,11-14H2,1-2H3. The number of para-hydroxylation sites is 1. The average molecular weight is 377 g/mol. The highest BCUT2D eigenvalue weighted by Gasteiger charge is 2.35. The molecule has 2 unspecified atom stereocenters. The van der Waals surface area contributed by atoms with Gasteiger partial charge in [0, 0.05) is 48.8 Å². The molecular weight excluding hydrogens is 350 g/mol. The number of nitrogens with zero attached hydrogens (tertiary/aromatic N) is 2. The van der Waals surface area contributed by atoms with Gasteiger partial charge in [-0.2, -0.15) is 0 Å². The van der Waals surface area contributed by atoms with E-state index in [0.29, 0.717) is 5.56 Å². The molecule has 0 saturated carbocycles. The molecule has 1 fully saturated rings. The fourth-order valence-corrected chi connectivity index (χ4v) is 4.03. The number of carbonyl (C=O) groups excluding carboxylic acids is 1. The maximum Gasteiger partial charge on any atom is 0.195 e. The number of carbonyl (C=O) groups is 1. The molecule has 1 saturated heterocycles. The maximum absolute atomic E-state index is 13.3. The Bertz CT molecular complexity index is 955. The number of aliphatic hydroxyl groups is 1. The van der Waals surface area contributed by atoms with Crippen LogP contribution in [0, 0.1) is 6.92 Å². The molecule has 0 bridgehead atoms. The van der Waals surface area contributed by atoms with Crippen LogP contribution in [0.4, 0.5) is 0 Å². The second-order valence-corrected chi connectivity index (χ2v) is 7.75. The summed E-state index contributed by atoms with van der Waals surface area (Å²) in [4.78, 5) is 21.0. The summed E-state index contributed by atoms with van der Waals surface area (Å²) >= 11 is 0. The van der Waals surface area contributed by atoms with Crippen molar-refractivity contribution in [2.75, 3.05) is 33.2 Å². The second-order valence-electron chi connectivity index (χ2n) is 7.75. The summed E-state index contributed by atoms with van der Waals surface area (Å²) in [7, 11) is 2.10. The Hall–Kier alpha value is -2.47. The number of aliphatic hydroxyl groups excluding tert-OH is 1. The number of piperazine rings is 1. The van der Waals surface area contributed by atoms with Gasteiger partial charge in [0.1, 0.15) is 6.10 Å². The summed E-state index contributed by atoms with van der Waals surface area (Å²) in [5, 5.41) is 12.1.